The van der Waals surface area contributed by atoms with E-state index in [9.17, 15) is 9.18 Å². The Morgan fingerprint density at radius 3 is 2.89 bits per heavy atom. The summed E-state index contributed by atoms with van der Waals surface area (Å²) in [6, 6.07) is 4.58. The van der Waals surface area contributed by atoms with Crippen molar-refractivity contribution >= 4 is 38.5 Å². The summed E-state index contributed by atoms with van der Waals surface area (Å²) in [5.74, 6) is 1.53. The summed E-state index contributed by atoms with van der Waals surface area (Å²) < 4.78 is 18.6. The number of benzene rings is 1. The number of halogens is 1. The van der Waals surface area contributed by atoms with E-state index >= 15 is 0 Å². The van der Waals surface area contributed by atoms with Gasteiger partial charge in [0.15, 0.2) is 5.58 Å². The number of piperidine rings is 1. The lowest BCUT2D eigenvalue weighted by Crippen LogP contribution is -2.37. The molecule has 0 radical (unpaired) electrons. The second-order valence-electron chi connectivity index (χ2n) is 7.44. The molecule has 1 unspecified atom stereocenters. The molecule has 2 fully saturated rings. The minimum atomic E-state index is -0.309. The van der Waals surface area contributed by atoms with Crippen molar-refractivity contribution in [1.82, 2.24) is 10.1 Å². The Hall–Kier alpha value is -1.21. The highest BCUT2D eigenvalue weighted by Crippen LogP contribution is 2.40. The van der Waals surface area contributed by atoms with Gasteiger partial charge < -0.3 is 9.42 Å². The molecule has 4 rings (SSSR count). The van der Waals surface area contributed by atoms with E-state index < -0.39 is 0 Å². The van der Waals surface area contributed by atoms with Crippen molar-refractivity contribution in [2.75, 3.05) is 18.8 Å². The Morgan fingerprint density at radius 1 is 1.26 bits per heavy atom. The zero-order chi connectivity index (χ0) is 18.6. The summed E-state index contributed by atoms with van der Waals surface area (Å²) in [6.45, 7) is 1.54. The van der Waals surface area contributed by atoms with Crippen molar-refractivity contribution in [2.24, 2.45) is 0 Å². The summed E-state index contributed by atoms with van der Waals surface area (Å²) in [5.41, 5.74) is 1.41. The van der Waals surface area contributed by atoms with Gasteiger partial charge in [0.25, 0.3) is 0 Å². The van der Waals surface area contributed by atoms with Crippen LogP contribution in [-0.4, -0.2) is 40.1 Å². The third-order valence-corrected chi connectivity index (χ3v) is 8.60. The van der Waals surface area contributed by atoms with Crippen LogP contribution in [0.15, 0.2) is 22.7 Å². The zero-order valence-electron chi connectivity index (χ0n) is 15.4. The average molecular weight is 409 g/mol. The zero-order valence-corrected chi connectivity index (χ0v) is 17.0. The van der Waals surface area contributed by atoms with Crippen LogP contribution >= 0.6 is 21.6 Å². The van der Waals surface area contributed by atoms with Gasteiger partial charge in [-0.3, -0.25) is 4.79 Å². The highest BCUT2D eigenvalue weighted by atomic mass is 33.1. The van der Waals surface area contributed by atoms with E-state index in [1.54, 1.807) is 6.07 Å². The molecule has 2 saturated heterocycles. The van der Waals surface area contributed by atoms with Crippen molar-refractivity contribution in [1.29, 1.82) is 0 Å². The van der Waals surface area contributed by atoms with Crippen LogP contribution in [-0.2, 0) is 4.79 Å². The molecule has 1 atom stereocenters. The highest BCUT2D eigenvalue weighted by Gasteiger charge is 2.27. The van der Waals surface area contributed by atoms with Gasteiger partial charge in [0.1, 0.15) is 5.82 Å². The van der Waals surface area contributed by atoms with Crippen LogP contribution < -0.4 is 0 Å². The van der Waals surface area contributed by atoms with E-state index in [0.717, 1.165) is 55.1 Å². The molecule has 3 heterocycles. The third kappa shape index (κ3) is 4.62. The molecule has 0 spiro atoms. The minimum Gasteiger partial charge on any atom is -0.356 e. The fourth-order valence-corrected chi connectivity index (χ4v) is 7.03. The number of rotatable bonds is 6. The lowest BCUT2D eigenvalue weighted by atomic mass is 9.91. The Labute approximate surface area is 167 Å². The van der Waals surface area contributed by atoms with Gasteiger partial charge in [-0.1, -0.05) is 33.2 Å². The molecule has 1 aromatic carbocycles. The summed E-state index contributed by atoms with van der Waals surface area (Å²) in [4.78, 5) is 14.5. The topological polar surface area (TPSA) is 46.3 Å². The molecule has 1 aromatic heterocycles. The summed E-state index contributed by atoms with van der Waals surface area (Å²) in [7, 11) is 4.00. The molecule has 27 heavy (non-hydrogen) atoms. The van der Waals surface area contributed by atoms with E-state index in [0.29, 0.717) is 12.0 Å². The number of aromatic nitrogens is 1. The molecule has 0 N–H and O–H groups in total. The van der Waals surface area contributed by atoms with E-state index in [-0.39, 0.29) is 17.6 Å². The fourth-order valence-electron chi connectivity index (χ4n) is 4.00. The summed E-state index contributed by atoms with van der Waals surface area (Å²) in [6.07, 6.45) is 7.16. The van der Waals surface area contributed by atoms with Crippen LogP contribution in [0.2, 0.25) is 0 Å². The minimum absolute atomic E-state index is 0.276. The van der Waals surface area contributed by atoms with Gasteiger partial charge in [0.2, 0.25) is 5.91 Å². The van der Waals surface area contributed by atoms with Gasteiger partial charge in [-0.05, 0) is 44.2 Å². The number of amides is 1. The molecule has 146 valence electrons. The normalized spacial score (nSPS) is 21.2. The lowest BCUT2D eigenvalue weighted by Gasteiger charge is -2.31. The van der Waals surface area contributed by atoms with Gasteiger partial charge >= 0.3 is 0 Å². The number of carbonyl (C=O) groups excluding carboxylic acids is 1. The maximum Gasteiger partial charge on any atom is 0.222 e. The van der Waals surface area contributed by atoms with E-state index in [1.807, 2.05) is 26.5 Å². The number of fused-ring (bicyclic) bond motifs is 1. The first-order valence-electron chi connectivity index (χ1n) is 9.81. The number of nitrogens with zero attached hydrogens (tertiary/aromatic N) is 2. The molecule has 0 bridgehead atoms. The molecule has 2 aromatic rings. The SMILES string of the molecule is O=C(CCCCC1CCSS1)N1CCC(c2noc3cc(F)ccc23)CC1. The van der Waals surface area contributed by atoms with E-state index in [1.165, 1.54) is 30.7 Å². The Bertz CT molecular complexity index is 783. The molecule has 7 heteroatoms. The van der Waals surface area contributed by atoms with E-state index in [4.69, 9.17) is 4.52 Å². The standard InChI is InChI=1S/C20H25FN2O2S2/c21-15-5-6-17-18(13-15)25-22-20(17)14-7-10-23(11-8-14)19(24)4-2-1-3-16-9-12-26-27-16/h5-6,13-14,16H,1-4,7-12H2. The quantitative estimate of drug-likeness (QED) is 0.474. The third-order valence-electron chi connectivity index (χ3n) is 5.59. The number of likely N-dealkylation sites (tertiary alicyclic amines) is 1. The molecule has 1 amide bonds. The molecule has 0 saturated carbocycles. The van der Waals surface area contributed by atoms with Crippen LogP contribution in [0.5, 0.6) is 0 Å². The largest absolute Gasteiger partial charge is 0.356 e. The van der Waals surface area contributed by atoms with E-state index in [2.05, 4.69) is 5.16 Å². The van der Waals surface area contributed by atoms with Gasteiger partial charge in [0.05, 0.1) is 5.69 Å². The Balaban J connectivity index is 1.23. The average Bonchev–Trinajstić information content (AvgIpc) is 3.34. The van der Waals surface area contributed by atoms with Crippen molar-refractivity contribution in [2.45, 2.75) is 56.1 Å². The van der Waals surface area contributed by atoms with Crippen LogP contribution in [0, 0.1) is 5.82 Å². The maximum atomic E-state index is 13.3. The number of unbranched alkanes of at least 4 members (excludes halogenated alkanes) is 1. The molecule has 0 aliphatic carbocycles. The van der Waals surface area contributed by atoms with Crippen LogP contribution in [0.1, 0.15) is 56.6 Å². The maximum absolute atomic E-state index is 13.3. The van der Waals surface area contributed by atoms with Crippen molar-refractivity contribution in [3.8, 4) is 0 Å². The van der Waals surface area contributed by atoms with Crippen LogP contribution in [0.4, 0.5) is 4.39 Å². The molecule has 2 aliphatic heterocycles. The Morgan fingerprint density at radius 2 is 2.11 bits per heavy atom. The van der Waals surface area contributed by atoms with Gasteiger partial charge in [-0.25, -0.2) is 4.39 Å². The first-order chi connectivity index (χ1) is 13.2. The van der Waals surface area contributed by atoms with Gasteiger partial charge in [-0.2, -0.15) is 0 Å². The molecular formula is C20H25FN2O2S2. The number of carbonyl (C=O) groups is 1. The molecular weight excluding hydrogens is 383 g/mol. The second-order valence-corrected chi connectivity index (χ2v) is 10.2. The van der Waals surface area contributed by atoms with Gasteiger partial charge in [0, 0.05) is 47.9 Å². The first kappa shape index (κ1) is 19.1. The summed E-state index contributed by atoms with van der Waals surface area (Å²) >= 11 is 0. The van der Waals surface area contributed by atoms with Crippen molar-refractivity contribution in [3.05, 3.63) is 29.7 Å². The predicted octanol–water partition coefficient (Wildman–Crippen LogP) is 5.39. The first-order valence-corrected chi connectivity index (χ1v) is 12.2. The smallest absolute Gasteiger partial charge is 0.222 e. The van der Waals surface area contributed by atoms with Gasteiger partial charge in [-0.15, -0.1) is 0 Å². The summed E-state index contributed by atoms with van der Waals surface area (Å²) in [5, 5.41) is 5.87. The number of hydrogen-bond donors (Lipinski definition) is 0. The lowest BCUT2D eigenvalue weighted by molar-refractivity contribution is -0.132. The number of hydrogen-bond acceptors (Lipinski definition) is 5. The predicted molar refractivity (Wildman–Crippen MR) is 109 cm³/mol. The van der Waals surface area contributed by atoms with Crippen molar-refractivity contribution < 1.29 is 13.7 Å². The Kier molecular flexibility index (Phi) is 6.28. The second kappa shape index (κ2) is 8.86. The monoisotopic (exact) mass is 408 g/mol. The molecule has 2 aliphatic rings. The van der Waals surface area contributed by atoms with Crippen molar-refractivity contribution in [3.63, 3.8) is 0 Å². The highest BCUT2D eigenvalue weighted by molar-refractivity contribution is 8.77. The fraction of sp³-hybridized carbons (Fsp3) is 0.600. The van der Waals surface area contributed by atoms with Crippen LogP contribution in [0.25, 0.3) is 11.0 Å². The van der Waals surface area contributed by atoms with Crippen LogP contribution in [0.3, 0.4) is 0 Å². The molecule has 4 nitrogen and oxygen atoms in total.